The summed E-state index contributed by atoms with van der Waals surface area (Å²) in [6, 6.07) is 12.5. The first-order chi connectivity index (χ1) is 12.2. The fraction of sp³-hybridized carbons (Fsp3) is 0.222. The van der Waals surface area contributed by atoms with Gasteiger partial charge in [0.15, 0.2) is 0 Å². The molecule has 1 amide bonds. The van der Waals surface area contributed by atoms with Crippen molar-refractivity contribution in [3.05, 3.63) is 65.5 Å². The Morgan fingerprint density at radius 1 is 1.15 bits per heavy atom. The van der Waals surface area contributed by atoms with Gasteiger partial charge in [-0.1, -0.05) is 24.3 Å². The summed E-state index contributed by atoms with van der Waals surface area (Å²) >= 11 is 0. The zero-order valence-electron chi connectivity index (χ0n) is 14.3. The van der Waals surface area contributed by atoms with Crippen LogP contribution in [0.15, 0.2) is 53.6 Å². The maximum atomic E-state index is 13.2. The average Bonchev–Trinajstić information content (AvgIpc) is 3.00. The molecule has 1 aliphatic rings. The molecule has 0 spiro atoms. The molecular weight excluding hydrogens is 357 g/mol. The minimum Gasteiger partial charge on any atom is -0.284 e. The molecule has 2 aromatic carbocycles. The Bertz CT molecular complexity index is 954. The molecule has 0 fully saturated rings. The van der Waals surface area contributed by atoms with Crippen molar-refractivity contribution in [1.82, 2.24) is 5.01 Å². The van der Waals surface area contributed by atoms with E-state index in [-0.39, 0.29) is 17.8 Å². The van der Waals surface area contributed by atoms with Crippen LogP contribution >= 0.6 is 0 Å². The number of carbonyl (C=O) groups excluding carboxylic acids is 1. The highest BCUT2D eigenvalue weighted by Crippen LogP contribution is 2.33. The number of nitrogens with zero attached hydrogens (tertiary/aromatic N) is 2. The van der Waals surface area contributed by atoms with Gasteiger partial charge in [0.25, 0.3) is 0 Å². The highest BCUT2D eigenvalue weighted by Gasteiger charge is 2.31. The van der Waals surface area contributed by atoms with E-state index in [1.54, 1.807) is 36.4 Å². The van der Waals surface area contributed by atoms with E-state index in [4.69, 9.17) is 0 Å². The minimum atomic E-state index is -3.34. The quantitative estimate of drug-likeness (QED) is 0.892. The topological polar surface area (TPSA) is 78.8 Å². The van der Waals surface area contributed by atoms with Gasteiger partial charge in [0.1, 0.15) is 5.82 Å². The molecule has 0 radical (unpaired) electrons. The highest BCUT2D eigenvalue weighted by atomic mass is 32.2. The van der Waals surface area contributed by atoms with Gasteiger partial charge in [0.2, 0.25) is 15.9 Å². The zero-order valence-corrected chi connectivity index (χ0v) is 15.1. The van der Waals surface area contributed by atoms with Crippen LogP contribution in [-0.4, -0.2) is 31.3 Å². The molecule has 2 aromatic rings. The number of hydrogen-bond acceptors (Lipinski definition) is 4. The second-order valence-corrected chi connectivity index (χ2v) is 7.88. The molecule has 0 aliphatic carbocycles. The number of halogens is 1. The molecular formula is C18H18FN3O3S. The number of nitrogens with one attached hydrogen (secondary N) is 1. The predicted octanol–water partition coefficient (Wildman–Crippen LogP) is 2.89. The molecule has 8 heteroatoms. The van der Waals surface area contributed by atoms with Crippen LogP contribution in [0.3, 0.4) is 0 Å². The van der Waals surface area contributed by atoms with Crippen molar-refractivity contribution in [3.8, 4) is 0 Å². The summed E-state index contributed by atoms with van der Waals surface area (Å²) in [6.45, 7) is 1.43. The number of benzene rings is 2. The van der Waals surface area contributed by atoms with E-state index in [0.29, 0.717) is 17.8 Å². The molecule has 0 saturated carbocycles. The number of carbonyl (C=O) groups is 1. The molecule has 26 heavy (non-hydrogen) atoms. The first kappa shape index (κ1) is 18.1. The van der Waals surface area contributed by atoms with Gasteiger partial charge in [-0.3, -0.25) is 9.52 Å². The number of sulfonamides is 1. The van der Waals surface area contributed by atoms with Crippen LogP contribution in [0.2, 0.25) is 0 Å². The number of rotatable bonds is 4. The Morgan fingerprint density at radius 3 is 2.31 bits per heavy atom. The standard InChI is InChI=1S/C18H18FN3O3S/c1-12(23)22-18(14-3-7-15(19)8-4-14)11-17(20-22)13-5-9-16(10-6-13)21-26(2,24)25/h3-10,18,21H,11H2,1-2H3. The molecule has 1 N–H and O–H groups in total. The van der Waals surface area contributed by atoms with E-state index >= 15 is 0 Å². The largest absolute Gasteiger partial charge is 0.284 e. The van der Waals surface area contributed by atoms with Crippen LogP contribution in [0.5, 0.6) is 0 Å². The van der Waals surface area contributed by atoms with Gasteiger partial charge < -0.3 is 0 Å². The molecule has 1 aliphatic heterocycles. The van der Waals surface area contributed by atoms with E-state index < -0.39 is 10.0 Å². The maximum Gasteiger partial charge on any atom is 0.240 e. The average molecular weight is 375 g/mol. The molecule has 6 nitrogen and oxygen atoms in total. The molecule has 1 unspecified atom stereocenters. The van der Waals surface area contributed by atoms with Gasteiger partial charge in [-0.15, -0.1) is 0 Å². The molecule has 1 atom stereocenters. The minimum absolute atomic E-state index is 0.204. The summed E-state index contributed by atoms with van der Waals surface area (Å²) in [6.07, 6.45) is 1.57. The zero-order chi connectivity index (χ0) is 18.9. The Labute approximate surface area is 151 Å². The van der Waals surface area contributed by atoms with Gasteiger partial charge in [-0.05, 0) is 35.4 Å². The first-order valence-corrected chi connectivity index (χ1v) is 9.83. The smallest absolute Gasteiger partial charge is 0.240 e. The van der Waals surface area contributed by atoms with E-state index in [0.717, 1.165) is 17.4 Å². The highest BCUT2D eigenvalue weighted by molar-refractivity contribution is 7.92. The molecule has 0 bridgehead atoms. The van der Waals surface area contributed by atoms with Gasteiger partial charge in [0, 0.05) is 19.0 Å². The van der Waals surface area contributed by atoms with Gasteiger partial charge >= 0.3 is 0 Å². The summed E-state index contributed by atoms with van der Waals surface area (Å²) in [4.78, 5) is 12.0. The van der Waals surface area contributed by atoms with E-state index in [9.17, 15) is 17.6 Å². The summed E-state index contributed by atoms with van der Waals surface area (Å²) < 4.78 is 38.1. The predicted molar refractivity (Wildman–Crippen MR) is 97.7 cm³/mol. The summed E-state index contributed by atoms with van der Waals surface area (Å²) in [5, 5.41) is 5.80. The van der Waals surface area contributed by atoms with Crippen molar-refractivity contribution in [2.24, 2.45) is 5.10 Å². The molecule has 3 rings (SSSR count). The number of hydrogen-bond donors (Lipinski definition) is 1. The summed E-state index contributed by atoms with van der Waals surface area (Å²) in [5.41, 5.74) is 2.75. The normalized spacial score (nSPS) is 17.1. The van der Waals surface area contributed by atoms with E-state index in [1.165, 1.54) is 24.1 Å². The first-order valence-electron chi connectivity index (χ1n) is 7.94. The van der Waals surface area contributed by atoms with E-state index in [2.05, 4.69) is 9.82 Å². The SMILES string of the molecule is CC(=O)N1N=C(c2ccc(NS(C)(=O)=O)cc2)CC1c1ccc(F)cc1. The maximum absolute atomic E-state index is 13.2. The lowest BCUT2D eigenvalue weighted by Gasteiger charge is -2.20. The third kappa shape index (κ3) is 4.08. The number of hydrazone groups is 1. The number of anilines is 1. The lowest BCUT2D eigenvalue weighted by atomic mass is 9.98. The van der Waals surface area contributed by atoms with Crippen molar-refractivity contribution in [2.45, 2.75) is 19.4 Å². The third-order valence-electron chi connectivity index (χ3n) is 4.01. The van der Waals surface area contributed by atoms with Crippen molar-refractivity contribution in [3.63, 3.8) is 0 Å². The Hall–Kier alpha value is -2.74. The fourth-order valence-corrected chi connectivity index (χ4v) is 3.43. The van der Waals surface area contributed by atoms with Gasteiger partial charge in [0.05, 0.1) is 18.0 Å². The molecule has 0 aromatic heterocycles. The van der Waals surface area contributed by atoms with Crippen molar-refractivity contribution in [2.75, 3.05) is 11.0 Å². The van der Waals surface area contributed by atoms with Crippen LogP contribution in [0, 0.1) is 5.82 Å². The molecule has 136 valence electrons. The summed E-state index contributed by atoms with van der Waals surface area (Å²) in [7, 11) is -3.34. The van der Waals surface area contributed by atoms with Gasteiger partial charge in [-0.2, -0.15) is 5.10 Å². The monoisotopic (exact) mass is 375 g/mol. The number of amides is 1. The lowest BCUT2D eigenvalue weighted by Crippen LogP contribution is -2.24. The second-order valence-electron chi connectivity index (χ2n) is 6.13. The van der Waals surface area contributed by atoms with Crippen LogP contribution in [-0.2, 0) is 14.8 Å². The lowest BCUT2D eigenvalue weighted by molar-refractivity contribution is -0.130. The Kier molecular flexibility index (Phi) is 4.78. The Balaban J connectivity index is 1.85. The van der Waals surface area contributed by atoms with Crippen LogP contribution in [0.1, 0.15) is 30.5 Å². The van der Waals surface area contributed by atoms with E-state index in [1.807, 2.05) is 0 Å². The van der Waals surface area contributed by atoms with Crippen molar-refractivity contribution in [1.29, 1.82) is 0 Å². The molecule has 0 saturated heterocycles. The second kappa shape index (κ2) is 6.87. The summed E-state index contributed by atoms with van der Waals surface area (Å²) in [5.74, 6) is -0.541. The van der Waals surface area contributed by atoms with Crippen molar-refractivity contribution < 1.29 is 17.6 Å². The third-order valence-corrected chi connectivity index (χ3v) is 4.62. The Morgan fingerprint density at radius 2 is 1.77 bits per heavy atom. The van der Waals surface area contributed by atoms with Crippen LogP contribution < -0.4 is 4.72 Å². The van der Waals surface area contributed by atoms with Gasteiger partial charge in [-0.25, -0.2) is 17.8 Å². The fourth-order valence-electron chi connectivity index (χ4n) is 2.86. The van der Waals surface area contributed by atoms with Crippen molar-refractivity contribution >= 4 is 27.3 Å². The van der Waals surface area contributed by atoms with Crippen LogP contribution in [0.4, 0.5) is 10.1 Å². The molecule has 1 heterocycles. The van der Waals surface area contributed by atoms with Crippen LogP contribution in [0.25, 0.3) is 0 Å².